The molecular formula is C13H19ClN2O. The molecule has 1 rings (SSSR count). The number of aliphatic hydroxyl groups is 1. The lowest BCUT2D eigenvalue weighted by atomic mass is 10.0. The summed E-state index contributed by atoms with van der Waals surface area (Å²) in [4.78, 5) is 0. The predicted octanol–water partition coefficient (Wildman–Crippen LogP) is 3.00. The molecule has 0 atom stereocenters. The molecule has 3 nitrogen and oxygen atoms in total. The topological polar surface area (TPSA) is 70.1 Å². The summed E-state index contributed by atoms with van der Waals surface area (Å²) < 4.78 is 0. The second-order valence-corrected chi connectivity index (χ2v) is 3.94. The molecule has 0 radical (unpaired) electrons. The van der Waals surface area contributed by atoms with E-state index in [0.29, 0.717) is 5.71 Å². The van der Waals surface area contributed by atoms with Gasteiger partial charge in [0.2, 0.25) is 0 Å². The van der Waals surface area contributed by atoms with Crippen LogP contribution in [0.2, 0.25) is 0 Å². The van der Waals surface area contributed by atoms with E-state index in [0.717, 1.165) is 22.4 Å². The monoisotopic (exact) mass is 254 g/mol. The van der Waals surface area contributed by atoms with Gasteiger partial charge in [-0.3, -0.25) is 0 Å². The molecule has 4 heteroatoms. The van der Waals surface area contributed by atoms with Crippen LogP contribution >= 0.6 is 11.6 Å². The van der Waals surface area contributed by atoms with E-state index >= 15 is 0 Å². The summed E-state index contributed by atoms with van der Waals surface area (Å²) in [7, 11) is 0. The number of benzene rings is 1. The van der Waals surface area contributed by atoms with Crippen LogP contribution in [0.15, 0.2) is 23.7 Å². The SMILES string of the molecule is CC(=N)c1cc(C)c(N)cc1C.OC/C=C\Cl. The molecule has 1 aromatic rings. The highest BCUT2D eigenvalue weighted by Crippen LogP contribution is 2.17. The summed E-state index contributed by atoms with van der Waals surface area (Å²) in [5.41, 5.74) is 11.5. The normalized spacial score (nSPS) is 9.94. The summed E-state index contributed by atoms with van der Waals surface area (Å²) in [6.07, 6.45) is 1.45. The standard InChI is InChI=1S/C10H14N2.C3H5ClO/c1-6-5-10(12)7(2)4-9(6)8(3)11;4-2-1-3-5/h4-5,11H,12H2,1-3H3;1-2,5H,3H2/b;2-1-. The van der Waals surface area contributed by atoms with Gasteiger partial charge in [-0.25, -0.2) is 0 Å². The molecule has 0 spiro atoms. The zero-order valence-corrected chi connectivity index (χ0v) is 11.2. The van der Waals surface area contributed by atoms with Gasteiger partial charge in [-0.15, -0.1) is 0 Å². The van der Waals surface area contributed by atoms with Gasteiger partial charge in [-0.05, 0) is 55.7 Å². The molecule has 17 heavy (non-hydrogen) atoms. The first-order chi connectivity index (χ1) is 7.93. The van der Waals surface area contributed by atoms with Crippen LogP contribution in [-0.4, -0.2) is 17.4 Å². The highest BCUT2D eigenvalue weighted by Gasteiger charge is 2.02. The van der Waals surface area contributed by atoms with E-state index in [1.807, 2.05) is 26.0 Å². The molecule has 94 valence electrons. The van der Waals surface area contributed by atoms with E-state index < -0.39 is 0 Å². The molecular weight excluding hydrogens is 236 g/mol. The van der Waals surface area contributed by atoms with E-state index in [1.54, 1.807) is 6.92 Å². The number of hydrogen-bond donors (Lipinski definition) is 3. The Kier molecular flexibility index (Phi) is 7.26. The average molecular weight is 255 g/mol. The highest BCUT2D eigenvalue weighted by molar-refractivity contribution is 6.25. The fourth-order valence-electron chi connectivity index (χ4n) is 1.28. The second kappa shape index (κ2) is 7.87. The van der Waals surface area contributed by atoms with Crippen LogP contribution in [0.1, 0.15) is 23.6 Å². The van der Waals surface area contributed by atoms with Crippen LogP contribution in [0, 0.1) is 19.3 Å². The molecule has 0 bridgehead atoms. The van der Waals surface area contributed by atoms with Gasteiger partial charge in [-0.2, -0.15) is 0 Å². The fourth-order valence-corrected chi connectivity index (χ4v) is 1.36. The smallest absolute Gasteiger partial charge is 0.0623 e. The number of nitrogen functional groups attached to an aromatic ring is 1. The van der Waals surface area contributed by atoms with E-state index in [2.05, 4.69) is 0 Å². The minimum atomic E-state index is 0.0312. The van der Waals surface area contributed by atoms with Crippen LogP contribution in [0.4, 0.5) is 5.69 Å². The summed E-state index contributed by atoms with van der Waals surface area (Å²) in [5.74, 6) is 0. The lowest BCUT2D eigenvalue weighted by Crippen LogP contribution is -1.99. The average Bonchev–Trinajstić information content (AvgIpc) is 2.25. The number of aryl methyl sites for hydroxylation is 2. The summed E-state index contributed by atoms with van der Waals surface area (Å²) in [6.45, 7) is 5.76. The Hall–Kier alpha value is -1.32. The van der Waals surface area contributed by atoms with Crippen molar-refractivity contribution < 1.29 is 5.11 Å². The summed E-state index contributed by atoms with van der Waals surface area (Å²) >= 11 is 4.96. The fraction of sp³-hybridized carbons (Fsp3) is 0.308. The summed E-state index contributed by atoms with van der Waals surface area (Å²) in [5, 5.41) is 15.4. The first kappa shape index (κ1) is 15.7. The van der Waals surface area contributed by atoms with Crippen molar-refractivity contribution in [3.8, 4) is 0 Å². The lowest BCUT2D eigenvalue weighted by molar-refractivity contribution is 0.343. The van der Waals surface area contributed by atoms with E-state index in [-0.39, 0.29) is 6.61 Å². The van der Waals surface area contributed by atoms with E-state index in [9.17, 15) is 0 Å². The van der Waals surface area contributed by atoms with Crippen molar-refractivity contribution in [2.45, 2.75) is 20.8 Å². The van der Waals surface area contributed by atoms with Gasteiger partial charge in [0.05, 0.1) is 6.61 Å². The lowest BCUT2D eigenvalue weighted by Gasteiger charge is -2.07. The molecule has 0 heterocycles. The van der Waals surface area contributed by atoms with Crippen LogP contribution in [0.5, 0.6) is 0 Å². The molecule has 0 aliphatic heterocycles. The Morgan fingerprint density at radius 1 is 1.41 bits per heavy atom. The third-order valence-electron chi connectivity index (χ3n) is 2.21. The van der Waals surface area contributed by atoms with Crippen LogP contribution in [0.3, 0.4) is 0 Å². The first-order valence-electron chi connectivity index (χ1n) is 5.22. The number of rotatable bonds is 2. The molecule has 0 fully saturated rings. The number of nitrogens with one attached hydrogen (secondary N) is 1. The Bertz CT molecular complexity index is 414. The number of aliphatic hydroxyl groups excluding tert-OH is 1. The van der Waals surface area contributed by atoms with Gasteiger partial charge in [0.1, 0.15) is 0 Å². The summed E-state index contributed by atoms with van der Waals surface area (Å²) in [6, 6.07) is 3.88. The minimum Gasteiger partial charge on any atom is -0.399 e. The third kappa shape index (κ3) is 5.52. The predicted molar refractivity (Wildman–Crippen MR) is 74.9 cm³/mol. The van der Waals surface area contributed by atoms with Crippen molar-refractivity contribution in [1.29, 1.82) is 5.41 Å². The molecule has 0 unspecified atom stereocenters. The Balaban J connectivity index is 0.000000437. The largest absolute Gasteiger partial charge is 0.399 e. The Morgan fingerprint density at radius 2 is 2.00 bits per heavy atom. The molecule has 4 N–H and O–H groups in total. The van der Waals surface area contributed by atoms with Crippen molar-refractivity contribution in [2.75, 3.05) is 12.3 Å². The number of anilines is 1. The number of halogens is 1. The van der Waals surface area contributed by atoms with Gasteiger partial charge in [0.15, 0.2) is 0 Å². The maximum absolute atomic E-state index is 7.90. The zero-order valence-electron chi connectivity index (χ0n) is 10.4. The van der Waals surface area contributed by atoms with Gasteiger partial charge in [0, 0.05) is 16.9 Å². The van der Waals surface area contributed by atoms with E-state index in [1.165, 1.54) is 11.6 Å². The van der Waals surface area contributed by atoms with Crippen molar-refractivity contribution >= 4 is 23.0 Å². The minimum absolute atomic E-state index is 0.0312. The van der Waals surface area contributed by atoms with Crippen LogP contribution in [0.25, 0.3) is 0 Å². The molecule has 0 saturated carbocycles. The molecule has 0 aliphatic carbocycles. The van der Waals surface area contributed by atoms with Crippen molar-refractivity contribution in [2.24, 2.45) is 0 Å². The molecule has 0 amide bonds. The van der Waals surface area contributed by atoms with Gasteiger partial charge in [0.25, 0.3) is 0 Å². The van der Waals surface area contributed by atoms with Crippen molar-refractivity contribution in [3.63, 3.8) is 0 Å². The third-order valence-corrected chi connectivity index (χ3v) is 2.39. The highest BCUT2D eigenvalue weighted by atomic mass is 35.5. The molecule has 0 aromatic heterocycles. The van der Waals surface area contributed by atoms with Crippen LogP contribution in [-0.2, 0) is 0 Å². The zero-order chi connectivity index (χ0) is 13.4. The number of nitrogens with two attached hydrogens (primary N) is 1. The maximum atomic E-state index is 7.90. The quantitative estimate of drug-likeness (QED) is 0.561. The van der Waals surface area contributed by atoms with Crippen molar-refractivity contribution in [3.05, 3.63) is 40.4 Å². The second-order valence-electron chi connectivity index (χ2n) is 3.69. The van der Waals surface area contributed by atoms with Gasteiger partial charge in [-0.1, -0.05) is 11.6 Å². The maximum Gasteiger partial charge on any atom is 0.0623 e. The van der Waals surface area contributed by atoms with Gasteiger partial charge >= 0.3 is 0 Å². The van der Waals surface area contributed by atoms with E-state index in [4.69, 9.17) is 27.9 Å². The number of hydrogen-bond acceptors (Lipinski definition) is 3. The van der Waals surface area contributed by atoms with Gasteiger partial charge < -0.3 is 16.2 Å². The molecule has 0 aliphatic rings. The first-order valence-corrected chi connectivity index (χ1v) is 5.66. The Labute approximate surface area is 107 Å². The van der Waals surface area contributed by atoms with Crippen LogP contribution < -0.4 is 5.73 Å². The molecule has 1 aromatic carbocycles. The Morgan fingerprint density at radius 3 is 2.35 bits per heavy atom. The molecule has 0 saturated heterocycles. The van der Waals surface area contributed by atoms with Crippen molar-refractivity contribution in [1.82, 2.24) is 0 Å².